The molecule has 0 fully saturated rings. The van der Waals surface area contributed by atoms with Gasteiger partial charge in [-0.15, -0.1) is 11.3 Å². The summed E-state index contributed by atoms with van der Waals surface area (Å²) in [6, 6.07) is 1.49. The molecule has 1 unspecified atom stereocenters. The number of ether oxygens (including phenoxy) is 1. The number of amides is 1. The van der Waals surface area contributed by atoms with Crippen molar-refractivity contribution in [1.29, 1.82) is 0 Å². The smallest absolute Gasteiger partial charge is 0.295 e. The van der Waals surface area contributed by atoms with Crippen LogP contribution < -0.4 is 5.32 Å². The highest BCUT2D eigenvalue weighted by Gasteiger charge is 2.24. The summed E-state index contributed by atoms with van der Waals surface area (Å²) in [7, 11) is 0. The Morgan fingerprint density at radius 1 is 1.76 bits per heavy atom. The molecule has 1 aromatic rings. The molecule has 0 aliphatic carbocycles. The SMILES string of the molecule is CC#CC(=O)NCC1OCCc2sc(F)cc21. The number of hydrogen-bond acceptors (Lipinski definition) is 3. The minimum absolute atomic E-state index is 0.204. The summed E-state index contributed by atoms with van der Waals surface area (Å²) < 4.78 is 18.7. The fourth-order valence-electron chi connectivity index (χ4n) is 1.77. The molecule has 5 heteroatoms. The van der Waals surface area contributed by atoms with E-state index in [-0.39, 0.29) is 17.1 Å². The molecule has 17 heavy (non-hydrogen) atoms. The van der Waals surface area contributed by atoms with E-state index in [4.69, 9.17) is 4.74 Å². The van der Waals surface area contributed by atoms with E-state index in [2.05, 4.69) is 17.2 Å². The van der Waals surface area contributed by atoms with Crippen LogP contribution in [0.15, 0.2) is 6.07 Å². The van der Waals surface area contributed by atoms with Crippen LogP contribution in [0.3, 0.4) is 0 Å². The Labute approximate surface area is 103 Å². The van der Waals surface area contributed by atoms with Gasteiger partial charge in [0.1, 0.15) is 6.10 Å². The highest BCUT2D eigenvalue weighted by Crippen LogP contribution is 2.32. The molecule has 1 aliphatic rings. The minimum atomic E-state index is -0.334. The molecular formula is C12H12FNO2S. The lowest BCUT2D eigenvalue weighted by molar-refractivity contribution is -0.116. The van der Waals surface area contributed by atoms with Crippen LogP contribution in [0, 0.1) is 17.0 Å². The van der Waals surface area contributed by atoms with Crippen molar-refractivity contribution in [1.82, 2.24) is 5.32 Å². The molecule has 1 atom stereocenters. The van der Waals surface area contributed by atoms with Gasteiger partial charge in [-0.3, -0.25) is 4.79 Å². The maximum atomic E-state index is 13.1. The maximum Gasteiger partial charge on any atom is 0.295 e. The van der Waals surface area contributed by atoms with Crippen LogP contribution in [0.4, 0.5) is 4.39 Å². The third-order valence-electron chi connectivity index (χ3n) is 2.49. The zero-order chi connectivity index (χ0) is 12.3. The average molecular weight is 253 g/mol. The number of carbonyl (C=O) groups is 1. The predicted octanol–water partition coefficient (Wildman–Crippen LogP) is 1.64. The molecule has 0 aromatic carbocycles. The second kappa shape index (κ2) is 5.30. The van der Waals surface area contributed by atoms with E-state index in [9.17, 15) is 9.18 Å². The summed E-state index contributed by atoms with van der Waals surface area (Å²) in [6.45, 7) is 2.49. The Morgan fingerprint density at radius 2 is 2.59 bits per heavy atom. The van der Waals surface area contributed by atoms with Gasteiger partial charge in [0.15, 0.2) is 5.13 Å². The highest BCUT2D eigenvalue weighted by molar-refractivity contribution is 7.10. The number of halogens is 1. The molecule has 0 radical (unpaired) electrons. The number of hydrogen-bond donors (Lipinski definition) is 1. The van der Waals surface area contributed by atoms with Crippen LogP contribution in [0.1, 0.15) is 23.5 Å². The van der Waals surface area contributed by atoms with Gasteiger partial charge in [0.2, 0.25) is 0 Å². The van der Waals surface area contributed by atoms with Crippen LogP contribution in [-0.4, -0.2) is 19.1 Å². The fourth-order valence-corrected chi connectivity index (χ4v) is 2.69. The van der Waals surface area contributed by atoms with Gasteiger partial charge >= 0.3 is 0 Å². The van der Waals surface area contributed by atoms with E-state index in [1.54, 1.807) is 6.92 Å². The third kappa shape index (κ3) is 2.84. The van der Waals surface area contributed by atoms with Crippen molar-refractivity contribution in [3.05, 3.63) is 21.6 Å². The number of rotatable bonds is 2. The van der Waals surface area contributed by atoms with Crippen molar-refractivity contribution in [3.63, 3.8) is 0 Å². The van der Waals surface area contributed by atoms with Crippen molar-refractivity contribution in [3.8, 4) is 11.8 Å². The number of nitrogens with one attached hydrogen (secondary N) is 1. The summed E-state index contributed by atoms with van der Waals surface area (Å²) >= 11 is 1.15. The lowest BCUT2D eigenvalue weighted by Gasteiger charge is -2.22. The van der Waals surface area contributed by atoms with Gasteiger partial charge in [0.05, 0.1) is 6.61 Å². The predicted molar refractivity (Wildman–Crippen MR) is 63.1 cm³/mol. The molecule has 0 bridgehead atoms. The fraction of sp³-hybridized carbons (Fsp3) is 0.417. The second-order valence-electron chi connectivity index (χ2n) is 3.62. The molecule has 0 saturated heterocycles. The molecule has 1 amide bonds. The Morgan fingerprint density at radius 3 is 3.35 bits per heavy atom. The monoisotopic (exact) mass is 253 g/mol. The van der Waals surface area contributed by atoms with Gasteiger partial charge in [0, 0.05) is 17.8 Å². The van der Waals surface area contributed by atoms with Crippen molar-refractivity contribution in [2.24, 2.45) is 0 Å². The quantitative estimate of drug-likeness (QED) is 0.814. The molecule has 3 nitrogen and oxygen atoms in total. The summed E-state index contributed by atoms with van der Waals surface area (Å²) in [6.07, 6.45) is 0.477. The Bertz CT molecular complexity index is 486. The lowest BCUT2D eigenvalue weighted by Crippen LogP contribution is -2.30. The van der Waals surface area contributed by atoms with E-state index in [1.807, 2.05) is 0 Å². The molecule has 2 heterocycles. The van der Waals surface area contributed by atoms with Gasteiger partial charge in [-0.05, 0) is 24.5 Å². The maximum absolute atomic E-state index is 13.1. The zero-order valence-corrected chi connectivity index (χ0v) is 10.2. The highest BCUT2D eigenvalue weighted by atomic mass is 32.1. The minimum Gasteiger partial charge on any atom is -0.371 e. The van der Waals surface area contributed by atoms with E-state index < -0.39 is 0 Å². The Balaban J connectivity index is 2.02. The van der Waals surface area contributed by atoms with Gasteiger partial charge in [-0.25, -0.2) is 0 Å². The van der Waals surface area contributed by atoms with Crippen molar-refractivity contribution < 1.29 is 13.9 Å². The van der Waals surface area contributed by atoms with Gasteiger partial charge < -0.3 is 10.1 Å². The van der Waals surface area contributed by atoms with Crippen LogP contribution >= 0.6 is 11.3 Å². The topological polar surface area (TPSA) is 38.3 Å². The first-order valence-corrected chi connectivity index (χ1v) is 6.12. The van der Waals surface area contributed by atoms with E-state index >= 15 is 0 Å². The Kier molecular flexibility index (Phi) is 3.77. The second-order valence-corrected chi connectivity index (χ2v) is 4.71. The van der Waals surface area contributed by atoms with Crippen LogP contribution in [-0.2, 0) is 16.0 Å². The van der Waals surface area contributed by atoms with E-state index in [0.717, 1.165) is 28.2 Å². The molecule has 2 rings (SSSR count). The third-order valence-corrected chi connectivity index (χ3v) is 3.49. The molecule has 1 N–H and O–H groups in total. The summed E-state index contributed by atoms with van der Waals surface area (Å²) in [4.78, 5) is 12.2. The van der Waals surface area contributed by atoms with E-state index in [1.165, 1.54) is 6.07 Å². The zero-order valence-electron chi connectivity index (χ0n) is 9.38. The van der Waals surface area contributed by atoms with Gasteiger partial charge in [0.25, 0.3) is 5.91 Å². The van der Waals surface area contributed by atoms with Crippen LogP contribution in [0.2, 0.25) is 0 Å². The van der Waals surface area contributed by atoms with Crippen molar-refractivity contribution in [2.45, 2.75) is 19.4 Å². The average Bonchev–Trinajstić information content (AvgIpc) is 2.67. The lowest BCUT2D eigenvalue weighted by atomic mass is 10.1. The number of fused-ring (bicyclic) bond motifs is 1. The Hall–Kier alpha value is -1.38. The number of thiophene rings is 1. The van der Waals surface area contributed by atoms with Crippen LogP contribution in [0.25, 0.3) is 0 Å². The molecular weight excluding hydrogens is 241 g/mol. The summed E-state index contributed by atoms with van der Waals surface area (Å²) in [5.41, 5.74) is 0.850. The first-order valence-electron chi connectivity index (χ1n) is 5.31. The first kappa shape index (κ1) is 12.1. The number of carbonyl (C=O) groups excluding carboxylic acids is 1. The van der Waals surface area contributed by atoms with E-state index in [0.29, 0.717) is 13.2 Å². The standard InChI is InChI=1S/C12H12FNO2S/c1-2-3-12(15)14-7-9-8-6-11(13)17-10(8)4-5-16-9/h6,9H,4-5,7H2,1H3,(H,14,15). The van der Waals surface area contributed by atoms with Crippen LogP contribution in [0.5, 0.6) is 0 Å². The molecule has 0 saturated carbocycles. The van der Waals surface area contributed by atoms with Gasteiger partial charge in [-0.1, -0.05) is 5.92 Å². The molecule has 1 aliphatic heterocycles. The molecule has 0 spiro atoms. The molecule has 90 valence electrons. The normalized spacial score (nSPS) is 17.9. The largest absolute Gasteiger partial charge is 0.371 e. The van der Waals surface area contributed by atoms with Crippen molar-refractivity contribution >= 4 is 17.2 Å². The van der Waals surface area contributed by atoms with Crippen molar-refractivity contribution in [2.75, 3.05) is 13.2 Å². The van der Waals surface area contributed by atoms with Gasteiger partial charge in [-0.2, -0.15) is 4.39 Å². The summed E-state index contributed by atoms with van der Waals surface area (Å²) in [5, 5.41) is 2.44. The summed E-state index contributed by atoms with van der Waals surface area (Å²) in [5.74, 6) is 4.57. The first-order chi connectivity index (χ1) is 8.20. The molecule has 1 aromatic heterocycles.